The fourth-order valence-corrected chi connectivity index (χ4v) is 2.61. The van der Waals surface area contributed by atoms with Crippen LogP contribution < -0.4 is 5.32 Å². The molecule has 0 aliphatic carbocycles. The summed E-state index contributed by atoms with van der Waals surface area (Å²) in [7, 11) is 0. The van der Waals surface area contributed by atoms with Crippen molar-refractivity contribution in [3.05, 3.63) is 42.6 Å². The number of aromatic amines is 1. The molecule has 130 valence electrons. The van der Waals surface area contributed by atoms with Crippen LogP contribution in [0.25, 0.3) is 28.2 Å². The number of hydrogen-bond donors (Lipinski definition) is 2. The van der Waals surface area contributed by atoms with E-state index in [1.54, 1.807) is 36.1 Å². The molecule has 0 fully saturated rings. The number of rotatable bonds is 4. The van der Waals surface area contributed by atoms with Crippen molar-refractivity contribution in [2.45, 2.75) is 13.0 Å². The van der Waals surface area contributed by atoms with E-state index in [2.05, 4.69) is 47.7 Å². The molecule has 0 amide bonds. The third-order valence-corrected chi connectivity index (χ3v) is 3.87. The maximum Gasteiger partial charge on any atom is 0.184 e. The Balaban J connectivity index is 1.84. The predicted octanol–water partition coefficient (Wildman–Crippen LogP) is 1.80. The zero-order valence-corrected chi connectivity index (χ0v) is 14.1. The summed E-state index contributed by atoms with van der Waals surface area (Å²) in [5.74, 6) is 0.970. The summed E-state index contributed by atoms with van der Waals surface area (Å²) < 4.78 is 1.57. The Morgan fingerprint density at radius 1 is 1.15 bits per heavy atom. The number of fused-ring (bicyclic) bond motifs is 1. The summed E-state index contributed by atoms with van der Waals surface area (Å²) in [6.45, 7) is 1.75. The molecule has 4 rings (SSSR count). The second-order valence-corrected chi connectivity index (χ2v) is 5.71. The first-order valence-electron chi connectivity index (χ1n) is 7.96. The molecule has 4 aromatic heterocycles. The van der Waals surface area contributed by atoms with Gasteiger partial charge >= 0.3 is 0 Å². The maximum absolute atomic E-state index is 9.14. The van der Waals surface area contributed by atoms with E-state index < -0.39 is 6.04 Å². The second kappa shape index (κ2) is 6.54. The fraction of sp³-hybridized carbons (Fsp3) is 0.118. The van der Waals surface area contributed by atoms with E-state index in [0.29, 0.717) is 34.1 Å². The lowest BCUT2D eigenvalue weighted by molar-refractivity contribution is 0.862. The van der Waals surface area contributed by atoms with Crippen molar-refractivity contribution in [1.29, 1.82) is 10.5 Å². The van der Waals surface area contributed by atoms with E-state index in [1.807, 2.05) is 0 Å². The molecule has 10 nitrogen and oxygen atoms in total. The molecular weight excluding hydrogens is 344 g/mol. The van der Waals surface area contributed by atoms with E-state index in [4.69, 9.17) is 10.5 Å². The monoisotopic (exact) mass is 356 g/mol. The molecule has 0 bridgehead atoms. The number of nitrogens with zero attached hydrogens (tertiary/aromatic N) is 8. The molecule has 10 heteroatoms. The van der Waals surface area contributed by atoms with Crippen molar-refractivity contribution >= 4 is 16.7 Å². The Morgan fingerprint density at radius 3 is 2.78 bits per heavy atom. The highest BCUT2D eigenvalue weighted by molar-refractivity contribution is 5.79. The average molecular weight is 356 g/mol. The van der Waals surface area contributed by atoms with Gasteiger partial charge in [-0.2, -0.15) is 25.4 Å². The zero-order valence-electron chi connectivity index (χ0n) is 14.1. The number of aromatic nitrogens is 7. The molecule has 0 aromatic carbocycles. The van der Waals surface area contributed by atoms with E-state index in [-0.39, 0.29) is 0 Å². The third-order valence-electron chi connectivity index (χ3n) is 3.87. The van der Waals surface area contributed by atoms with Gasteiger partial charge < -0.3 is 5.32 Å². The summed E-state index contributed by atoms with van der Waals surface area (Å²) in [4.78, 5) is 12.9. The minimum absolute atomic E-state index is 0.427. The lowest BCUT2D eigenvalue weighted by atomic mass is 10.2. The van der Waals surface area contributed by atoms with E-state index in [9.17, 15) is 0 Å². The Labute approximate surface area is 153 Å². The zero-order chi connectivity index (χ0) is 18.8. The van der Waals surface area contributed by atoms with Crippen LogP contribution in [0.1, 0.15) is 12.5 Å². The highest BCUT2D eigenvalue weighted by Gasteiger charge is 2.15. The van der Waals surface area contributed by atoms with E-state index in [1.165, 1.54) is 12.5 Å². The standard InChI is InChI=1S/C17H12N10/c1-10(4-18)25-14-3-15(20-8-13(14)16-22-9-23-26-16)27-17-12(7-24-27)2-11(5-19)6-21-17/h2-3,6-10H,1H3,(H,20,25)(H,22,23,26). The number of pyridine rings is 2. The SMILES string of the molecule is CC(C#N)Nc1cc(-n2ncc3cc(C#N)cnc32)ncc1-c1nc[nH]n1. The van der Waals surface area contributed by atoms with Gasteiger partial charge in [0, 0.05) is 23.8 Å². The lowest BCUT2D eigenvalue weighted by Crippen LogP contribution is -2.14. The topological polar surface area (TPSA) is 145 Å². The van der Waals surface area contributed by atoms with Crippen LogP contribution >= 0.6 is 0 Å². The van der Waals surface area contributed by atoms with Crippen molar-refractivity contribution in [3.63, 3.8) is 0 Å². The fourth-order valence-electron chi connectivity index (χ4n) is 2.61. The Morgan fingerprint density at radius 2 is 2.04 bits per heavy atom. The van der Waals surface area contributed by atoms with Gasteiger partial charge in [-0.1, -0.05) is 0 Å². The van der Waals surface area contributed by atoms with Crippen LogP contribution in [0, 0.1) is 22.7 Å². The number of nitrogens with one attached hydrogen (secondary N) is 2. The van der Waals surface area contributed by atoms with E-state index in [0.717, 1.165) is 5.39 Å². The Hall–Kier alpha value is -4.31. The molecule has 0 saturated heterocycles. The first-order valence-corrected chi connectivity index (χ1v) is 7.96. The van der Waals surface area contributed by atoms with Gasteiger partial charge in [-0.15, -0.1) is 0 Å². The molecule has 0 radical (unpaired) electrons. The largest absolute Gasteiger partial charge is 0.369 e. The minimum atomic E-state index is -0.427. The number of anilines is 1. The molecule has 0 aliphatic heterocycles. The lowest BCUT2D eigenvalue weighted by Gasteiger charge is -2.13. The van der Waals surface area contributed by atoms with Crippen LogP contribution in [0.5, 0.6) is 0 Å². The average Bonchev–Trinajstić information content (AvgIpc) is 3.37. The van der Waals surface area contributed by atoms with Crippen molar-refractivity contribution in [2.75, 3.05) is 5.32 Å². The van der Waals surface area contributed by atoms with E-state index >= 15 is 0 Å². The van der Waals surface area contributed by atoms with Gasteiger partial charge in [0.15, 0.2) is 17.3 Å². The Kier molecular flexibility index (Phi) is 3.92. The van der Waals surface area contributed by atoms with Gasteiger partial charge in [-0.25, -0.2) is 15.0 Å². The summed E-state index contributed by atoms with van der Waals surface area (Å²) in [6, 6.07) is 7.23. The van der Waals surface area contributed by atoms with Crippen molar-refractivity contribution in [2.24, 2.45) is 0 Å². The molecule has 0 spiro atoms. The van der Waals surface area contributed by atoms with Crippen molar-refractivity contribution < 1.29 is 0 Å². The first kappa shape index (κ1) is 16.2. The van der Waals surface area contributed by atoms with Gasteiger partial charge in [-0.3, -0.25) is 5.10 Å². The quantitative estimate of drug-likeness (QED) is 0.563. The molecule has 2 N–H and O–H groups in total. The summed E-state index contributed by atoms with van der Waals surface area (Å²) in [5.41, 5.74) is 2.33. The van der Waals surface area contributed by atoms with Gasteiger partial charge in [0.1, 0.15) is 18.4 Å². The van der Waals surface area contributed by atoms with Crippen LogP contribution in [0.3, 0.4) is 0 Å². The molecule has 1 atom stereocenters. The van der Waals surface area contributed by atoms with Crippen LogP contribution in [0.15, 0.2) is 37.1 Å². The summed E-state index contributed by atoms with van der Waals surface area (Å²) in [5, 5.41) is 33.1. The minimum Gasteiger partial charge on any atom is -0.369 e. The normalized spacial score (nSPS) is 11.7. The maximum atomic E-state index is 9.14. The van der Waals surface area contributed by atoms with Gasteiger partial charge in [0.05, 0.1) is 29.1 Å². The number of nitriles is 2. The number of H-pyrrole nitrogens is 1. The predicted molar refractivity (Wildman–Crippen MR) is 95.4 cm³/mol. The molecular formula is C17H12N10. The molecule has 4 aromatic rings. The van der Waals surface area contributed by atoms with Gasteiger partial charge in [0.2, 0.25) is 0 Å². The highest BCUT2D eigenvalue weighted by Crippen LogP contribution is 2.27. The molecule has 0 saturated carbocycles. The van der Waals surface area contributed by atoms with Crippen molar-refractivity contribution in [1.82, 2.24) is 34.9 Å². The second-order valence-electron chi connectivity index (χ2n) is 5.71. The molecule has 27 heavy (non-hydrogen) atoms. The van der Waals surface area contributed by atoms with Crippen LogP contribution in [0.2, 0.25) is 0 Å². The van der Waals surface area contributed by atoms with Crippen molar-refractivity contribution in [3.8, 4) is 29.3 Å². The first-order chi connectivity index (χ1) is 13.2. The van der Waals surface area contributed by atoms with Crippen LogP contribution in [0.4, 0.5) is 5.69 Å². The van der Waals surface area contributed by atoms with Gasteiger partial charge in [0.25, 0.3) is 0 Å². The number of hydrogen-bond acceptors (Lipinski definition) is 8. The van der Waals surface area contributed by atoms with Crippen LogP contribution in [-0.4, -0.2) is 41.0 Å². The molecule has 1 unspecified atom stereocenters. The summed E-state index contributed by atoms with van der Waals surface area (Å²) in [6.07, 6.45) is 6.19. The van der Waals surface area contributed by atoms with Crippen LogP contribution in [-0.2, 0) is 0 Å². The smallest absolute Gasteiger partial charge is 0.184 e. The van der Waals surface area contributed by atoms with Gasteiger partial charge in [-0.05, 0) is 13.0 Å². The molecule has 0 aliphatic rings. The Bertz CT molecular complexity index is 1190. The highest BCUT2D eigenvalue weighted by atomic mass is 15.3. The third kappa shape index (κ3) is 2.92. The molecule has 4 heterocycles. The summed E-state index contributed by atoms with van der Waals surface area (Å²) >= 11 is 0.